The van der Waals surface area contributed by atoms with Crippen LogP contribution in [0.3, 0.4) is 0 Å². The molecule has 2 aromatic carbocycles. The van der Waals surface area contributed by atoms with Crippen molar-refractivity contribution >= 4 is 16.9 Å². The minimum absolute atomic E-state index is 0.0498. The Morgan fingerprint density at radius 3 is 2.63 bits per heavy atom. The van der Waals surface area contributed by atoms with Crippen molar-refractivity contribution in [2.24, 2.45) is 0 Å². The van der Waals surface area contributed by atoms with Crippen LogP contribution in [0.5, 0.6) is 0 Å². The number of nitrogens with one attached hydrogen (secondary N) is 1. The number of amides is 1. The molecule has 1 N–H and O–H groups in total. The first-order chi connectivity index (χ1) is 14.6. The van der Waals surface area contributed by atoms with Crippen LogP contribution in [0.25, 0.3) is 11.0 Å². The van der Waals surface area contributed by atoms with Crippen LogP contribution in [0.1, 0.15) is 16.7 Å². The van der Waals surface area contributed by atoms with Crippen LogP contribution in [0.15, 0.2) is 71.9 Å². The fourth-order valence-electron chi connectivity index (χ4n) is 3.39. The summed E-state index contributed by atoms with van der Waals surface area (Å²) in [6.45, 7) is 3.35. The number of hydrogen-bond donors (Lipinski definition) is 1. The average Bonchev–Trinajstić information content (AvgIpc) is 3.16. The van der Waals surface area contributed by atoms with Crippen molar-refractivity contribution in [3.63, 3.8) is 0 Å². The molecule has 7 nitrogen and oxygen atoms in total. The lowest BCUT2D eigenvalue weighted by atomic mass is 10.1. The summed E-state index contributed by atoms with van der Waals surface area (Å²) in [6.07, 6.45) is 3.44. The van der Waals surface area contributed by atoms with E-state index in [1.807, 2.05) is 61.5 Å². The van der Waals surface area contributed by atoms with Crippen LogP contribution >= 0.6 is 0 Å². The van der Waals surface area contributed by atoms with E-state index < -0.39 is 0 Å². The van der Waals surface area contributed by atoms with Crippen LogP contribution < -0.4 is 10.9 Å². The van der Waals surface area contributed by atoms with Crippen molar-refractivity contribution in [1.82, 2.24) is 24.6 Å². The Morgan fingerprint density at radius 1 is 1.07 bits per heavy atom. The molecule has 0 atom stereocenters. The van der Waals surface area contributed by atoms with Gasteiger partial charge in [0, 0.05) is 6.54 Å². The maximum Gasteiger partial charge on any atom is 0.264 e. The molecule has 0 saturated heterocycles. The summed E-state index contributed by atoms with van der Waals surface area (Å²) in [5.74, 6) is -0.0498. The van der Waals surface area contributed by atoms with Crippen LogP contribution in [-0.4, -0.2) is 31.8 Å². The number of aryl methyl sites for hydroxylation is 1. The highest BCUT2D eigenvalue weighted by Crippen LogP contribution is 2.10. The zero-order valence-electron chi connectivity index (χ0n) is 16.8. The van der Waals surface area contributed by atoms with E-state index >= 15 is 0 Å². The second-order valence-electron chi connectivity index (χ2n) is 7.22. The second kappa shape index (κ2) is 8.73. The lowest BCUT2D eigenvalue weighted by molar-refractivity contribution is -0.120. The Morgan fingerprint density at radius 2 is 1.83 bits per heavy atom. The largest absolute Gasteiger partial charge is 0.354 e. The van der Waals surface area contributed by atoms with Crippen molar-refractivity contribution in [3.8, 4) is 0 Å². The third-order valence-electron chi connectivity index (χ3n) is 5.08. The molecule has 0 fully saturated rings. The molecule has 0 radical (unpaired) electrons. The summed E-state index contributed by atoms with van der Waals surface area (Å²) in [5, 5.41) is 7.65. The molecular formula is C23H23N5O2. The molecule has 2 aromatic heterocycles. The van der Waals surface area contributed by atoms with Crippen molar-refractivity contribution in [2.75, 3.05) is 6.54 Å². The molecule has 0 spiro atoms. The van der Waals surface area contributed by atoms with Crippen molar-refractivity contribution in [1.29, 1.82) is 0 Å². The number of carbonyl (C=O) groups is 1. The van der Waals surface area contributed by atoms with Gasteiger partial charge in [0.05, 0.1) is 25.7 Å². The van der Waals surface area contributed by atoms with Gasteiger partial charge in [-0.2, -0.15) is 5.10 Å². The third-order valence-corrected chi connectivity index (χ3v) is 5.08. The molecule has 30 heavy (non-hydrogen) atoms. The maximum atomic E-state index is 12.8. The smallest absolute Gasteiger partial charge is 0.264 e. The fraction of sp³-hybridized carbons (Fsp3) is 0.217. The van der Waals surface area contributed by atoms with E-state index in [4.69, 9.17) is 0 Å². The minimum Gasteiger partial charge on any atom is -0.354 e. The molecule has 0 aliphatic heterocycles. The van der Waals surface area contributed by atoms with Gasteiger partial charge in [-0.1, -0.05) is 54.6 Å². The van der Waals surface area contributed by atoms with E-state index in [2.05, 4.69) is 15.4 Å². The quantitative estimate of drug-likeness (QED) is 0.515. The number of hydrogen-bond acceptors (Lipinski definition) is 4. The van der Waals surface area contributed by atoms with E-state index in [0.717, 1.165) is 16.7 Å². The predicted octanol–water partition coefficient (Wildman–Crippen LogP) is 2.31. The molecule has 0 aliphatic carbocycles. The summed E-state index contributed by atoms with van der Waals surface area (Å²) in [5.41, 5.74) is 3.58. The van der Waals surface area contributed by atoms with Gasteiger partial charge in [0.15, 0.2) is 5.65 Å². The highest BCUT2D eigenvalue weighted by Gasteiger charge is 2.11. The Bertz CT molecular complexity index is 1230. The Labute approximate surface area is 174 Å². The van der Waals surface area contributed by atoms with Gasteiger partial charge in [-0.25, -0.2) is 9.67 Å². The molecule has 4 rings (SSSR count). The zero-order chi connectivity index (χ0) is 20.9. The van der Waals surface area contributed by atoms with Gasteiger partial charge in [-0.15, -0.1) is 0 Å². The zero-order valence-corrected chi connectivity index (χ0v) is 16.8. The summed E-state index contributed by atoms with van der Waals surface area (Å²) in [7, 11) is 0. The van der Waals surface area contributed by atoms with Gasteiger partial charge in [0.1, 0.15) is 11.7 Å². The van der Waals surface area contributed by atoms with Gasteiger partial charge in [0.25, 0.3) is 5.56 Å². The van der Waals surface area contributed by atoms with Crippen molar-refractivity contribution in [2.45, 2.75) is 26.4 Å². The van der Waals surface area contributed by atoms with Gasteiger partial charge >= 0.3 is 0 Å². The van der Waals surface area contributed by atoms with Gasteiger partial charge in [0.2, 0.25) is 5.91 Å². The highest BCUT2D eigenvalue weighted by atomic mass is 16.1. The van der Waals surface area contributed by atoms with E-state index in [-0.39, 0.29) is 11.5 Å². The van der Waals surface area contributed by atoms with E-state index in [1.54, 1.807) is 21.8 Å². The number of aromatic nitrogens is 4. The van der Waals surface area contributed by atoms with Crippen LogP contribution in [0.4, 0.5) is 0 Å². The predicted molar refractivity (Wildman–Crippen MR) is 115 cm³/mol. The molecule has 4 aromatic rings. The molecule has 152 valence electrons. The molecule has 0 aliphatic rings. The molecule has 1 amide bonds. The van der Waals surface area contributed by atoms with Crippen LogP contribution in [0, 0.1) is 6.92 Å². The topological polar surface area (TPSA) is 81.8 Å². The Balaban J connectivity index is 1.42. The highest BCUT2D eigenvalue weighted by molar-refractivity contribution is 5.78. The molecule has 0 unspecified atom stereocenters. The lowest BCUT2D eigenvalue weighted by Crippen LogP contribution is -2.29. The van der Waals surface area contributed by atoms with Crippen LogP contribution in [-0.2, 0) is 24.3 Å². The minimum atomic E-state index is -0.123. The average molecular weight is 401 g/mol. The molecular weight excluding hydrogens is 378 g/mol. The van der Waals surface area contributed by atoms with Crippen molar-refractivity contribution in [3.05, 3.63) is 94.2 Å². The normalized spacial score (nSPS) is 11.0. The lowest BCUT2D eigenvalue weighted by Gasteiger charge is -2.09. The fourth-order valence-corrected chi connectivity index (χ4v) is 3.39. The molecule has 7 heteroatoms. The first kappa shape index (κ1) is 19.6. The maximum absolute atomic E-state index is 12.8. The van der Waals surface area contributed by atoms with Gasteiger partial charge in [-0.3, -0.25) is 14.2 Å². The van der Waals surface area contributed by atoms with Crippen LogP contribution in [0.2, 0.25) is 0 Å². The number of rotatable bonds is 7. The second-order valence-corrected chi connectivity index (χ2v) is 7.22. The Hall–Kier alpha value is -3.74. The number of nitrogens with zero attached hydrogens (tertiary/aromatic N) is 4. The SMILES string of the molecule is Cc1ccccc1Cn1cnc2c(cnn2CCNC(=O)Cc2ccccc2)c1=O. The summed E-state index contributed by atoms with van der Waals surface area (Å²) in [4.78, 5) is 29.4. The number of carbonyl (C=O) groups excluding carboxylic acids is 1. The van der Waals surface area contributed by atoms with Gasteiger partial charge < -0.3 is 5.32 Å². The summed E-state index contributed by atoms with van der Waals surface area (Å²) in [6, 6.07) is 17.6. The first-order valence-corrected chi connectivity index (χ1v) is 9.88. The molecule has 0 saturated carbocycles. The van der Waals surface area contributed by atoms with E-state index in [9.17, 15) is 9.59 Å². The van der Waals surface area contributed by atoms with Gasteiger partial charge in [-0.05, 0) is 23.6 Å². The monoisotopic (exact) mass is 401 g/mol. The number of benzene rings is 2. The standard InChI is InChI=1S/C23H23N5O2/c1-17-7-5-6-10-19(17)15-27-16-25-22-20(23(27)30)14-26-28(22)12-11-24-21(29)13-18-8-3-2-4-9-18/h2-10,14,16H,11-13,15H2,1H3,(H,24,29). The Kier molecular flexibility index (Phi) is 5.70. The molecule has 2 heterocycles. The molecule has 0 bridgehead atoms. The summed E-state index contributed by atoms with van der Waals surface area (Å²) >= 11 is 0. The van der Waals surface area contributed by atoms with E-state index in [0.29, 0.717) is 37.1 Å². The first-order valence-electron chi connectivity index (χ1n) is 9.88. The van der Waals surface area contributed by atoms with E-state index in [1.165, 1.54) is 0 Å². The third kappa shape index (κ3) is 4.30. The summed E-state index contributed by atoms with van der Waals surface area (Å²) < 4.78 is 3.25. The number of fused-ring (bicyclic) bond motifs is 1. The van der Waals surface area contributed by atoms with Crippen molar-refractivity contribution < 1.29 is 4.79 Å².